The summed E-state index contributed by atoms with van der Waals surface area (Å²) in [7, 11) is 1.68. The van der Waals surface area contributed by atoms with Crippen molar-refractivity contribution in [3.63, 3.8) is 0 Å². The smallest absolute Gasteiger partial charge is 0.119 e. The molecule has 1 aliphatic heterocycles. The predicted molar refractivity (Wildman–Crippen MR) is 121 cm³/mol. The molecular weight excluding hydrogens is 386 g/mol. The van der Waals surface area contributed by atoms with Crippen molar-refractivity contribution in [2.45, 2.75) is 25.5 Å². The molecule has 0 bridgehead atoms. The van der Waals surface area contributed by atoms with E-state index in [0.29, 0.717) is 13.2 Å². The number of aryl methyl sites for hydroxylation is 1. The number of rotatable bonds is 7. The lowest BCUT2D eigenvalue weighted by atomic mass is 10.0. The highest BCUT2D eigenvalue weighted by Gasteiger charge is 2.30. The van der Waals surface area contributed by atoms with Crippen LogP contribution in [0, 0.1) is 0 Å². The molecule has 156 valence electrons. The van der Waals surface area contributed by atoms with Gasteiger partial charge in [-0.25, -0.2) is 4.98 Å². The zero-order valence-electron chi connectivity index (χ0n) is 17.6. The molecule has 0 aliphatic carbocycles. The fourth-order valence-electron chi connectivity index (χ4n) is 4.29. The van der Waals surface area contributed by atoms with Crippen LogP contribution in [0.15, 0.2) is 79.1 Å². The van der Waals surface area contributed by atoms with Crippen molar-refractivity contribution in [3.05, 3.63) is 90.5 Å². The van der Waals surface area contributed by atoms with E-state index in [2.05, 4.69) is 52.0 Å². The minimum Gasteiger partial charge on any atom is -0.497 e. The summed E-state index contributed by atoms with van der Waals surface area (Å²) in [5.41, 5.74) is 5.55. The Morgan fingerprint density at radius 3 is 2.61 bits per heavy atom. The fourth-order valence-corrected chi connectivity index (χ4v) is 4.29. The molecule has 1 aliphatic rings. The second kappa shape index (κ2) is 8.74. The average molecular weight is 412 g/mol. The van der Waals surface area contributed by atoms with Gasteiger partial charge in [0, 0.05) is 29.9 Å². The third kappa shape index (κ3) is 3.97. The maximum Gasteiger partial charge on any atom is 0.119 e. The number of nitrogens with zero attached hydrogens (tertiary/aromatic N) is 3. The van der Waals surface area contributed by atoms with Gasteiger partial charge in [0.05, 0.1) is 37.8 Å². The van der Waals surface area contributed by atoms with Gasteiger partial charge < -0.3 is 14.0 Å². The molecule has 0 unspecified atom stereocenters. The van der Waals surface area contributed by atoms with E-state index in [1.807, 2.05) is 36.7 Å². The Bertz CT molecular complexity index is 1160. The highest BCUT2D eigenvalue weighted by molar-refractivity contribution is 5.79. The molecule has 3 heterocycles. The number of benzene rings is 2. The highest BCUT2D eigenvalue weighted by atomic mass is 16.5. The van der Waals surface area contributed by atoms with Gasteiger partial charge in [-0.1, -0.05) is 42.5 Å². The maximum absolute atomic E-state index is 6.15. The van der Waals surface area contributed by atoms with Crippen molar-refractivity contribution in [3.8, 4) is 28.3 Å². The Morgan fingerprint density at radius 1 is 0.968 bits per heavy atom. The second-order valence-electron chi connectivity index (χ2n) is 7.76. The predicted octanol–water partition coefficient (Wildman–Crippen LogP) is 5.32. The molecule has 2 aromatic carbocycles. The number of imidazole rings is 1. The molecule has 0 saturated carbocycles. The van der Waals surface area contributed by atoms with Crippen molar-refractivity contribution in [2.24, 2.45) is 0 Å². The van der Waals surface area contributed by atoms with Crippen molar-refractivity contribution in [2.75, 3.05) is 13.7 Å². The first-order valence-electron chi connectivity index (χ1n) is 10.6. The number of fused-ring (bicyclic) bond motifs is 1. The SMILES string of the molecule is COc1cccc(COC[C@@H]2CCc3nc(-c4ccccc4)c(-c4ccncc4)n32)c1. The molecule has 0 amide bonds. The van der Waals surface area contributed by atoms with E-state index in [1.165, 1.54) is 0 Å². The molecule has 2 aromatic heterocycles. The van der Waals surface area contributed by atoms with Crippen LogP contribution in [0.1, 0.15) is 23.9 Å². The summed E-state index contributed by atoms with van der Waals surface area (Å²) in [4.78, 5) is 9.25. The van der Waals surface area contributed by atoms with Crippen LogP contribution in [-0.4, -0.2) is 28.3 Å². The lowest BCUT2D eigenvalue weighted by Gasteiger charge is -2.18. The lowest BCUT2D eigenvalue weighted by Crippen LogP contribution is -2.13. The van der Waals surface area contributed by atoms with Gasteiger partial charge in [0.15, 0.2) is 0 Å². The number of ether oxygens (including phenoxy) is 2. The summed E-state index contributed by atoms with van der Waals surface area (Å²) >= 11 is 0. The summed E-state index contributed by atoms with van der Waals surface area (Å²) < 4.78 is 13.8. The maximum atomic E-state index is 6.15. The van der Waals surface area contributed by atoms with Crippen molar-refractivity contribution >= 4 is 0 Å². The van der Waals surface area contributed by atoms with Gasteiger partial charge >= 0.3 is 0 Å². The van der Waals surface area contributed by atoms with Gasteiger partial charge in [-0.2, -0.15) is 0 Å². The zero-order valence-corrected chi connectivity index (χ0v) is 17.6. The van der Waals surface area contributed by atoms with Crippen LogP contribution in [0.25, 0.3) is 22.5 Å². The Kier molecular flexibility index (Phi) is 5.50. The van der Waals surface area contributed by atoms with E-state index in [-0.39, 0.29) is 6.04 Å². The van der Waals surface area contributed by atoms with Crippen molar-refractivity contribution in [1.82, 2.24) is 14.5 Å². The fraction of sp³-hybridized carbons (Fsp3) is 0.231. The first kappa shape index (κ1) is 19.5. The van der Waals surface area contributed by atoms with Gasteiger partial charge in [0.1, 0.15) is 11.6 Å². The van der Waals surface area contributed by atoms with Crippen LogP contribution >= 0.6 is 0 Å². The van der Waals surface area contributed by atoms with E-state index in [9.17, 15) is 0 Å². The number of pyridine rings is 1. The Balaban J connectivity index is 1.43. The summed E-state index contributed by atoms with van der Waals surface area (Å²) in [5.74, 6) is 1.98. The van der Waals surface area contributed by atoms with Crippen LogP contribution in [0.4, 0.5) is 0 Å². The summed E-state index contributed by atoms with van der Waals surface area (Å²) in [5, 5.41) is 0. The topological polar surface area (TPSA) is 49.2 Å². The van der Waals surface area contributed by atoms with Gasteiger partial charge in [0.25, 0.3) is 0 Å². The van der Waals surface area contributed by atoms with Crippen LogP contribution < -0.4 is 4.74 Å². The summed E-state index contributed by atoms with van der Waals surface area (Å²) in [6.07, 6.45) is 5.67. The molecule has 0 saturated heterocycles. The van der Waals surface area contributed by atoms with Gasteiger partial charge in [-0.15, -0.1) is 0 Å². The minimum absolute atomic E-state index is 0.258. The van der Waals surface area contributed by atoms with Crippen LogP contribution in [0.2, 0.25) is 0 Å². The van der Waals surface area contributed by atoms with E-state index >= 15 is 0 Å². The standard InChI is InChI=1S/C26H25N3O2/c1-30-23-9-5-6-19(16-23)17-31-18-22-10-11-24-28-25(20-7-3-2-4-8-20)26(29(22)24)21-12-14-27-15-13-21/h2-9,12-16,22H,10-11,17-18H2,1H3/t22-/m0/s1. The molecule has 0 N–H and O–H groups in total. The van der Waals surface area contributed by atoms with Gasteiger partial charge in [-0.05, 0) is 36.2 Å². The first-order chi connectivity index (χ1) is 15.3. The van der Waals surface area contributed by atoms with Crippen molar-refractivity contribution in [1.29, 1.82) is 0 Å². The van der Waals surface area contributed by atoms with E-state index < -0.39 is 0 Å². The molecule has 5 rings (SSSR count). The van der Waals surface area contributed by atoms with E-state index in [1.54, 1.807) is 7.11 Å². The monoisotopic (exact) mass is 411 g/mol. The quantitative estimate of drug-likeness (QED) is 0.413. The highest BCUT2D eigenvalue weighted by Crippen LogP contribution is 2.39. The van der Waals surface area contributed by atoms with E-state index in [4.69, 9.17) is 14.5 Å². The molecule has 0 fully saturated rings. The molecule has 0 radical (unpaired) electrons. The molecule has 1 atom stereocenters. The molecule has 0 spiro atoms. The molecule has 31 heavy (non-hydrogen) atoms. The molecule has 5 nitrogen and oxygen atoms in total. The third-order valence-electron chi connectivity index (χ3n) is 5.76. The number of hydrogen-bond acceptors (Lipinski definition) is 4. The average Bonchev–Trinajstić information content (AvgIpc) is 3.40. The van der Waals surface area contributed by atoms with Crippen LogP contribution in [0.3, 0.4) is 0 Å². The summed E-state index contributed by atoms with van der Waals surface area (Å²) in [6, 6.07) is 22.8. The number of aromatic nitrogens is 3. The van der Waals surface area contributed by atoms with E-state index in [0.717, 1.165) is 52.5 Å². The van der Waals surface area contributed by atoms with Crippen LogP contribution in [0.5, 0.6) is 5.75 Å². The Labute approximate surface area is 182 Å². The molecular formula is C26H25N3O2. The van der Waals surface area contributed by atoms with Crippen molar-refractivity contribution < 1.29 is 9.47 Å². The third-order valence-corrected chi connectivity index (χ3v) is 5.76. The van der Waals surface area contributed by atoms with Gasteiger partial charge in [0.2, 0.25) is 0 Å². The molecule has 4 aromatic rings. The minimum atomic E-state index is 0.258. The Hall–Kier alpha value is -3.44. The Morgan fingerprint density at radius 2 is 1.81 bits per heavy atom. The lowest BCUT2D eigenvalue weighted by molar-refractivity contribution is 0.0924. The second-order valence-corrected chi connectivity index (χ2v) is 7.76. The van der Waals surface area contributed by atoms with Crippen LogP contribution in [-0.2, 0) is 17.8 Å². The normalized spacial score (nSPS) is 15.1. The molecule has 5 heteroatoms. The largest absolute Gasteiger partial charge is 0.497 e. The zero-order chi connectivity index (χ0) is 21.0. The number of hydrogen-bond donors (Lipinski definition) is 0. The first-order valence-corrected chi connectivity index (χ1v) is 10.6. The number of methoxy groups -OCH3 is 1. The van der Waals surface area contributed by atoms with Gasteiger partial charge in [-0.3, -0.25) is 4.98 Å². The summed E-state index contributed by atoms with van der Waals surface area (Å²) in [6.45, 7) is 1.21.